The summed E-state index contributed by atoms with van der Waals surface area (Å²) >= 11 is 1.66. The zero-order chi connectivity index (χ0) is 12.7. The molecule has 4 nitrogen and oxygen atoms in total. The van der Waals surface area contributed by atoms with E-state index in [-0.39, 0.29) is 11.6 Å². The molecule has 1 rings (SSSR count). The lowest BCUT2D eigenvalue weighted by Crippen LogP contribution is -2.44. The molecule has 0 spiro atoms. The van der Waals surface area contributed by atoms with Crippen molar-refractivity contribution in [2.45, 2.75) is 26.4 Å². The van der Waals surface area contributed by atoms with E-state index in [1.165, 1.54) is 0 Å². The highest BCUT2D eigenvalue weighted by atomic mass is 32.2. The van der Waals surface area contributed by atoms with Gasteiger partial charge in [0.05, 0.1) is 5.75 Å². The number of nitrogens with zero attached hydrogens (tertiary/aromatic N) is 1. The van der Waals surface area contributed by atoms with Crippen molar-refractivity contribution in [1.82, 2.24) is 10.2 Å². The van der Waals surface area contributed by atoms with Gasteiger partial charge >= 0.3 is 5.97 Å². The van der Waals surface area contributed by atoms with Gasteiger partial charge in [-0.2, -0.15) is 0 Å². The SMILES string of the molecule is CC(C)(C)OC(=O)CSCCN1CCNCC1. The van der Waals surface area contributed by atoms with Crippen LogP contribution in [0.1, 0.15) is 20.8 Å². The quantitative estimate of drug-likeness (QED) is 0.589. The van der Waals surface area contributed by atoms with Crippen molar-refractivity contribution < 1.29 is 9.53 Å². The molecule has 0 aliphatic carbocycles. The number of piperazine rings is 1. The molecular formula is C12H24N2O2S. The van der Waals surface area contributed by atoms with Gasteiger partial charge in [-0.15, -0.1) is 11.8 Å². The standard InChI is InChI=1S/C12H24N2O2S/c1-12(2,3)16-11(15)10-17-9-8-14-6-4-13-5-7-14/h13H,4-10H2,1-3H3. The molecule has 0 aromatic rings. The molecule has 0 aromatic carbocycles. The van der Waals surface area contributed by atoms with E-state index < -0.39 is 0 Å². The molecule has 0 amide bonds. The molecule has 1 fully saturated rings. The smallest absolute Gasteiger partial charge is 0.316 e. The Kier molecular flexibility index (Phi) is 6.30. The van der Waals surface area contributed by atoms with E-state index in [1.807, 2.05) is 20.8 Å². The lowest BCUT2D eigenvalue weighted by Gasteiger charge is -2.26. The second-order valence-electron chi connectivity index (χ2n) is 5.23. The summed E-state index contributed by atoms with van der Waals surface area (Å²) in [5.74, 6) is 1.35. The first kappa shape index (κ1) is 14.8. The molecule has 0 saturated carbocycles. The molecule has 1 saturated heterocycles. The Labute approximate surface area is 108 Å². The summed E-state index contributed by atoms with van der Waals surface area (Å²) in [6.07, 6.45) is 0. The van der Waals surface area contributed by atoms with Crippen LogP contribution in [-0.4, -0.2) is 60.7 Å². The van der Waals surface area contributed by atoms with Crippen LogP contribution in [0.2, 0.25) is 0 Å². The van der Waals surface area contributed by atoms with E-state index in [1.54, 1.807) is 11.8 Å². The fourth-order valence-electron chi connectivity index (χ4n) is 1.65. The largest absolute Gasteiger partial charge is 0.459 e. The topological polar surface area (TPSA) is 41.6 Å². The first-order valence-electron chi connectivity index (χ1n) is 6.20. The fraction of sp³-hybridized carbons (Fsp3) is 0.917. The monoisotopic (exact) mass is 260 g/mol. The third-order valence-corrected chi connectivity index (χ3v) is 3.31. The van der Waals surface area contributed by atoms with Crippen molar-refractivity contribution in [2.24, 2.45) is 0 Å². The average Bonchev–Trinajstić information content (AvgIpc) is 2.23. The summed E-state index contributed by atoms with van der Waals surface area (Å²) in [4.78, 5) is 13.9. The zero-order valence-corrected chi connectivity index (χ0v) is 11.9. The molecule has 1 aliphatic heterocycles. The number of hydrogen-bond acceptors (Lipinski definition) is 5. The van der Waals surface area contributed by atoms with Gasteiger partial charge in [-0.25, -0.2) is 0 Å². The minimum atomic E-state index is -0.365. The number of esters is 1. The molecule has 17 heavy (non-hydrogen) atoms. The number of ether oxygens (including phenoxy) is 1. The van der Waals surface area contributed by atoms with E-state index in [0.717, 1.165) is 38.5 Å². The van der Waals surface area contributed by atoms with Crippen LogP contribution in [-0.2, 0) is 9.53 Å². The maximum absolute atomic E-state index is 11.4. The maximum atomic E-state index is 11.4. The number of rotatable bonds is 5. The molecule has 0 unspecified atom stereocenters. The van der Waals surface area contributed by atoms with Crippen molar-refractivity contribution in [3.05, 3.63) is 0 Å². The van der Waals surface area contributed by atoms with Gasteiger partial charge in [0.25, 0.3) is 0 Å². The van der Waals surface area contributed by atoms with Crippen LogP contribution in [0.3, 0.4) is 0 Å². The molecular weight excluding hydrogens is 236 g/mol. The predicted octanol–water partition coefficient (Wildman–Crippen LogP) is 0.967. The highest BCUT2D eigenvalue weighted by molar-refractivity contribution is 7.99. The first-order valence-corrected chi connectivity index (χ1v) is 7.35. The van der Waals surface area contributed by atoms with Gasteiger partial charge in [-0.1, -0.05) is 0 Å². The highest BCUT2D eigenvalue weighted by Gasteiger charge is 2.16. The molecule has 0 radical (unpaired) electrons. The van der Waals surface area contributed by atoms with E-state index in [4.69, 9.17) is 4.74 Å². The minimum Gasteiger partial charge on any atom is -0.459 e. The number of carbonyl (C=O) groups excluding carboxylic acids is 1. The van der Waals surface area contributed by atoms with E-state index in [9.17, 15) is 4.79 Å². The lowest BCUT2D eigenvalue weighted by atomic mass is 10.2. The summed E-state index contributed by atoms with van der Waals surface area (Å²) in [7, 11) is 0. The lowest BCUT2D eigenvalue weighted by molar-refractivity contribution is -0.151. The molecule has 100 valence electrons. The molecule has 0 bridgehead atoms. The second-order valence-corrected chi connectivity index (χ2v) is 6.34. The summed E-state index contributed by atoms with van der Waals surface area (Å²) in [5.41, 5.74) is -0.365. The maximum Gasteiger partial charge on any atom is 0.316 e. The number of nitrogens with one attached hydrogen (secondary N) is 1. The summed E-state index contributed by atoms with van der Waals surface area (Å²) in [6.45, 7) is 11.2. The van der Waals surface area contributed by atoms with Crippen molar-refractivity contribution in [2.75, 3.05) is 44.2 Å². The molecule has 0 atom stereocenters. The zero-order valence-electron chi connectivity index (χ0n) is 11.1. The van der Waals surface area contributed by atoms with Crippen LogP contribution >= 0.6 is 11.8 Å². The summed E-state index contributed by atoms with van der Waals surface area (Å²) in [6, 6.07) is 0. The van der Waals surface area contributed by atoms with Gasteiger partial charge in [-0.05, 0) is 20.8 Å². The van der Waals surface area contributed by atoms with E-state index >= 15 is 0 Å². The van der Waals surface area contributed by atoms with Crippen LogP contribution < -0.4 is 5.32 Å². The Balaban J connectivity index is 2.01. The van der Waals surface area contributed by atoms with Crippen LogP contribution in [0.4, 0.5) is 0 Å². The summed E-state index contributed by atoms with van der Waals surface area (Å²) < 4.78 is 5.25. The summed E-state index contributed by atoms with van der Waals surface area (Å²) in [5, 5.41) is 3.33. The highest BCUT2D eigenvalue weighted by Crippen LogP contribution is 2.10. The minimum absolute atomic E-state index is 0.109. The van der Waals surface area contributed by atoms with Crippen molar-refractivity contribution in [1.29, 1.82) is 0 Å². The van der Waals surface area contributed by atoms with Crippen molar-refractivity contribution in [3.8, 4) is 0 Å². The molecule has 5 heteroatoms. The van der Waals surface area contributed by atoms with Crippen LogP contribution in [0.5, 0.6) is 0 Å². The molecule has 1 N–H and O–H groups in total. The Morgan fingerprint density at radius 3 is 2.59 bits per heavy atom. The number of thioether (sulfide) groups is 1. The van der Waals surface area contributed by atoms with Crippen molar-refractivity contribution >= 4 is 17.7 Å². The second kappa shape index (κ2) is 7.24. The van der Waals surface area contributed by atoms with Gasteiger partial charge in [0.2, 0.25) is 0 Å². The molecule has 1 aliphatic rings. The Morgan fingerprint density at radius 2 is 2.00 bits per heavy atom. The Hall–Kier alpha value is -0.260. The Morgan fingerprint density at radius 1 is 1.35 bits per heavy atom. The predicted molar refractivity (Wildman–Crippen MR) is 72.5 cm³/mol. The molecule has 0 aromatic heterocycles. The van der Waals surface area contributed by atoms with Gasteiger partial charge in [0.15, 0.2) is 0 Å². The van der Waals surface area contributed by atoms with Gasteiger partial charge in [0, 0.05) is 38.5 Å². The van der Waals surface area contributed by atoms with Crippen LogP contribution in [0.25, 0.3) is 0 Å². The third kappa shape index (κ3) is 7.63. The number of carbonyl (C=O) groups is 1. The van der Waals surface area contributed by atoms with Gasteiger partial charge < -0.3 is 10.1 Å². The van der Waals surface area contributed by atoms with E-state index in [0.29, 0.717) is 5.75 Å². The average molecular weight is 260 g/mol. The van der Waals surface area contributed by atoms with Gasteiger partial charge in [0.1, 0.15) is 5.60 Å². The van der Waals surface area contributed by atoms with Crippen LogP contribution in [0, 0.1) is 0 Å². The number of hydrogen-bond donors (Lipinski definition) is 1. The van der Waals surface area contributed by atoms with E-state index in [2.05, 4.69) is 10.2 Å². The first-order chi connectivity index (χ1) is 7.97. The third-order valence-electron chi connectivity index (χ3n) is 2.40. The van der Waals surface area contributed by atoms with Crippen molar-refractivity contribution in [3.63, 3.8) is 0 Å². The molecule has 1 heterocycles. The Bertz CT molecular complexity index is 235. The normalized spacial score (nSPS) is 18.1. The van der Waals surface area contributed by atoms with Gasteiger partial charge in [-0.3, -0.25) is 9.69 Å². The van der Waals surface area contributed by atoms with Crippen LogP contribution in [0.15, 0.2) is 0 Å². The fourth-order valence-corrected chi connectivity index (χ4v) is 2.41.